The molecule has 3 rings (SSSR count). The molecular weight excluding hydrogens is 352 g/mol. The van der Waals surface area contributed by atoms with Gasteiger partial charge in [0, 0.05) is 32.7 Å². The average molecular weight is 381 g/mol. The Morgan fingerprint density at radius 3 is 2.42 bits per heavy atom. The Bertz CT molecular complexity index is 605. The molecule has 3 N–H and O–H groups in total. The van der Waals surface area contributed by atoms with E-state index in [0.29, 0.717) is 19.6 Å². The minimum atomic E-state index is -0.611. The molecular formula is C19H29ClN4O2. The van der Waals surface area contributed by atoms with Crippen LogP contribution < -0.4 is 11.1 Å². The fourth-order valence-electron chi connectivity index (χ4n) is 3.89. The summed E-state index contributed by atoms with van der Waals surface area (Å²) in [6, 6.07) is 10.1. The van der Waals surface area contributed by atoms with Crippen molar-refractivity contribution in [2.45, 2.75) is 37.6 Å². The number of rotatable bonds is 8. The molecule has 0 unspecified atom stereocenters. The third kappa shape index (κ3) is 4.55. The van der Waals surface area contributed by atoms with Crippen molar-refractivity contribution in [2.24, 2.45) is 5.73 Å². The van der Waals surface area contributed by atoms with E-state index in [9.17, 15) is 9.59 Å². The minimum absolute atomic E-state index is 0. The van der Waals surface area contributed by atoms with E-state index in [1.165, 1.54) is 10.5 Å². The summed E-state index contributed by atoms with van der Waals surface area (Å²) >= 11 is 0. The van der Waals surface area contributed by atoms with E-state index in [0.717, 1.165) is 45.2 Å². The molecule has 0 bridgehead atoms. The number of nitrogens with one attached hydrogen (secondary N) is 1. The lowest BCUT2D eigenvalue weighted by atomic mass is 9.98. The van der Waals surface area contributed by atoms with Crippen LogP contribution in [0.4, 0.5) is 4.79 Å². The Morgan fingerprint density at radius 1 is 1.08 bits per heavy atom. The Morgan fingerprint density at radius 2 is 1.77 bits per heavy atom. The van der Waals surface area contributed by atoms with Gasteiger partial charge in [0.15, 0.2) is 0 Å². The standard InChI is InChI=1S/C19H28N4O2.ClH/c20-11-13-22(12-8-16-6-2-1-3-7-16)14-15-23-17(24)19(21-18(23)25)9-4-5-10-19;/h1-3,6-7H,4-5,8-15,20H2,(H,21,25);1H. The number of hydrogen-bond acceptors (Lipinski definition) is 4. The van der Waals surface area contributed by atoms with Crippen molar-refractivity contribution in [3.63, 3.8) is 0 Å². The maximum absolute atomic E-state index is 12.7. The second-order valence-corrected chi connectivity index (χ2v) is 7.04. The van der Waals surface area contributed by atoms with Crippen LogP contribution in [0.5, 0.6) is 0 Å². The maximum atomic E-state index is 12.7. The molecule has 0 radical (unpaired) electrons. The topological polar surface area (TPSA) is 78.7 Å². The van der Waals surface area contributed by atoms with Crippen molar-refractivity contribution in [3.8, 4) is 0 Å². The van der Waals surface area contributed by atoms with Crippen LogP contribution in [0.1, 0.15) is 31.2 Å². The van der Waals surface area contributed by atoms with Gasteiger partial charge in [-0.1, -0.05) is 43.2 Å². The number of halogens is 1. The molecule has 1 aliphatic carbocycles. The van der Waals surface area contributed by atoms with Gasteiger partial charge in [0.25, 0.3) is 5.91 Å². The van der Waals surface area contributed by atoms with Gasteiger partial charge in [0.1, 0.15) is 5.54 Å². The fraction of sp³-hybridized carbons (Fsp3) is 0.579. The first-order chi connectivity index (χ1) is 12.1. The van der Waals surface area contributed by atoms with Gasteiger partial charge in [-0.2, -0.15) is 0 Å². The lowest BCUT2D eigenvalue weighted by Crippen LogP contribution is -2.45. The number of urea groups is 1. The van der Waals surface area contributed by atoms with Gasteiger partial charge in [-0.25, -0.2) is 4.79 Å². The number of nitrogens with two attached hydrogens (primary N) is 1. The highest BCUT2D eigenvalue weighted by Gasteiger charge is 2.52. The monoisotopic (exact) mass is 380 g/mol. The van der Waals surface area contributed by atoms with E-state index in [4.69, 9.17) is 5.73 Å². The molecule has 2 fully saturated rings. The van der Waals surface area contributed by atoms with Crippen LogP contribution in [-0.2, 0) is 11.2 Å². The Kier molecular flexibility index (Phi) is 7.43. The smallest absolute Gasteiger partial charge is 0.325 e. The summed E-state index contributed by atoms with van der Waals surface area (Å²) in [6.07, 6.45) is 4.50. The highest BCUT2D eigenvalue weighted by Crippen LogP contribution is 2.34. The number of hydrogen-bond donors (Lipinski definition) is 2. The van der Waals surface area contributed by atoms with Gasteiger partial charge < -0.3 is 11.1 Å². The molecule has 1 aliphatic heterocycles. The molecule has 2 aliphatic rings. The second kappa shape index (κ2) is 9.35. The van der Waals surface area contributed by atoms with Crippen molar-refractivity contribution in [1.82, 2.24) is 15.1 Å². The SMILES string of the molecule is Cl.NCCN(CCc1ccccc1)CCN1C(=O)NC2(CCCC2)C1=O. The van der Waals surface area contributed by atoms with Crippen molar-refractivity contribution in [2.75, 3.05) is 32.7 Å². The van der Waals surface area contributed by atoms with E-state index in [1.807, 2.05) is 18.2 Å². The van der Waals surface area contributed by atoms with Gasteiger partial charge in [0.2, 0.25) is 0 Å². The van der Waals surface area contributed by atoms with Crippen molar-refractivity contribution >= 4 is 24.3 Å². The zero-order valence-corrected chi connectivity index (χ0v) is 16.0. The Balaban J connectivity index is 0.00000243. The first-order valence-corrected chi connectivity index (χ1v) is 9.25. The summed E-state index contributed by atoms with van der Waals surface area (Å²) < 4.78 is 0. The van der Waals surface area contributed by atoms with Gasteiger partial charge in [-0.3, -0.25) is 14.6 Å². The van der Waals surface area contributed by atoms with Crippen molar-refractivity contribution < 1.29 is 9.59 Å². The molecule has 1 heterocycles. The highest BCUT2D eigenvalue weighted by atomic mass is 35.5. The third-order valence-corrected chi connectivity index (χ3v) is 5.35. The van der Waals surface area contributed by atoms with Crippen LogP contribution in [0.2, 0.25) is 0 Å². The van der Waals surface area contributed by atoms with Gasteiger partial charge in [-0.15, -0.1) is 12.4 Å². The molecule has 1 aromatic carbocycles. The molecule has 1 saturated carbocycles. The van der Waals surface area contributed by atoms with Crippen molar-refractivity contribution in [1.29, 1.82) is 0 Å². The number of imide groups is 1. The molecule has 144 valence electrons. The fourth-order valence-corrected chi connectivity index (χ4v) is 3.89. The van der Waals surface area contributed by atoms with Gasteiger partial charge in [0.05, 0.1) is 0 Å². The molecule has 1 spiro atoms. The second-order valence-electron chi connectivity index (χ2n) is 7.04. The Labute approximate surface area is 161 Å². The quantitative estimate of drug-likeness (QED) is 0.674. The summed E-state index contributed by atoms with van der Waals surface area (Å²) in [6.45, 7) is 3.30. The normalized spacial score (nSPS) is 18.5. The van der Waals surface area contributed by atoms with Crippen LogP contribution in [0.15, 0.2) is 30.3 Å². The summed E-state index contributed by atoms with van der Waals surface area (Å²) in [4.78, 5) is 28.6. The van der Waals surface area contributed by atoms with Crippen molar-refractivity contribution in [3.05, 3.63) is 35.9 Å². The van der Waals surface area contributed by atoms with Crippen LogP contribution in [0.25, 0.3) is 0 Å². The number of benzene rings is 1. The van der Waals surface area contributed by atoms with Gasteiger partial charge in [-0.05, 0) is 24.8 Å². The molecule has 6 nitrogen and oxygen atoms in total. The molecule has 7 heteroatoms. The summed E-state index contributed by atoms with van der Waals surface area (Å²) in [5.41, 5.74) is 6.40. The number of carbonyl (C=O) groups is 2. The van der Waals surface area contributed by atoms with E-state index in [2.05, 4.69) is 22.3 Å². The molecule has 0 aromatic heterocycles. The van der Waals surface area contributed by atoms with E-state index in [1.54, 1.807) is 0 Å². The van der Waals surface area contributed by atoms with Gasteiger partial charge >= 0.3 is 6.03 Å². The zero-order chi connectivity index (χ0) is 17.7. The molecule has 1 saturated heterocycles. The van der Waals surface area contributed by atoms with E-state index in [-0.39, 0.29) is 24.3 Å². The molecule has 3 amide bonds. The Hall–Kier alpha value is -1.63. The first kappa shape index (κ1) is 20.7. The highest BCUT2D eigenvalue weighted by molar-refractivity contribution is 6.07. The van der Waals surface area contributed by atoms with E-state index >= 15 is 0 Å². The first-order valence-electron chi connectivity index (χ1n) is 9.25. The predicted octanol–water partition coefficient (Wildman–Crippen LogP) is 1.78. The zero-order valence-electron chi connectivity index (χ0n) is 15.2. The number of carbonyl (C=O) groups excluding carboxylic acids is 2. The maximum Gasteiger partial charge on any atom is 0.325 e. The lowest BCUT2D eigenvalue weighted by molar-refractivity contribution is -0.131. The summed E-state index contributed by atoms with van der Waals surface area (Å²) in [5.74, 6) is -0.0363. The van der Waals surface area contributed by atoms with Crippen LogP contribution in [0.3, 0.4) is 0 Å². The van der Waals surface area contributed by atoms with E-state index < -0.39 is 5.54 Å². The molecule has 0 atom stereocenters. The number of amides is 3. The average Bonchev–Trinajstić information content (AvgIpc) is 3.18. The lowest BCUT2D eigenvalue weighted by Gasteiger charge is -2.24. The van der Waals surface area contributed by atoms with Crippen LogP contribution in [-0.4, -0.2) is 60.0 Å². The van der Waals surface area contributed by atoms with Crippen LogP contribution >= 0.6 is 12.4 Å². The summed E-state index contributed by atoms with van der Waals surface area (Å²) in [7, 11) is 0. The largest absolute Gasteiger partial charge is 0.329 e. The molecule has 26 heavy (non-hydrogen) atoms. The number of nitrogens with zero attached hydrogens (tertiary/aromatic N) is 2. The minimum Gasteiger partial charge on any atom is -0.329 e. The predicted molar refractivity (Wildman–Crippen MR) is 104 cm³/mol. The molecule has 1 aromatic rings. The van der Waals surface area contributed by atoms with Crippen LogP contribution in [0, 0.1) is 0 Å². The summed E-state index contributed by atoms with van der Waals surface area (Å²) in [5, 5.41) is 2.94. The third-order valence-electron chi connectivity index (χ3n) is 5.35.